The van der Waals surface area contributed by atoms with E-state index in [1.807, 2.05) is 36.4 Å². The molecule has 0 bridgehead atoms. The van der Waals surface area contributed by atoms with Crippen molar-refractivity contribution in [3.8, 4) is 0 Å². The lowest BCUT2D eigenvalue weighted by atomic mass is 10.1. The maximum atomic E-state index is 8.76. The van der Waals surface area contributed by atoms with Gasteiger partial charge in [0.2, 0.25) is 0 Å². The summed E-state index contributed by atoms with van der Waals surface area (Å²) in [5.41, 5.74) is 1.67. The molecule has 0 fully saturated rings. The Bertz CT molecular complexity index is 290. The lowest BCUT2D eigenvalue weighted by Crippen LogP contribution is -1.99. The molecule has 0 aromatic heterocycles. The first kappa shape index (κ1) is 9.52. The third-order valence-electron chi connectivity index (χ3n) is 1.81. The van der Waals surface area contributed by atoms with Gasteiger partial charge in [-0.2, -0.15) is 0 Å². The maximum absolute atomic E-state index is 8.76. The molecule has 0 saturated heterocycles. The molecule has 0 aliphatic carbocycles. The number of allylic oxidation sites excluding steroid dienone is 1. The zero-order valence-electron chi connectivity index (χ0n) is 7.48. The molecule has 1 aromatic rings. The lowest BCUT2D eigenvalue weighted by Gasteiger charge is -2.01. The van der Waals surface area contributed by atoms with Crippen LogP contribution in [0.1, 0.15) is 18.4 Å². The quantitative estimate of drug-likeness (QED) is 0.324. The Kier molecular flexibility index (Phi) is 3.76. The Balaban J connectivity index is 2.74. The molecule has 0 heterocycles. The van der Waals surface area contributed by atoms with Gasteiger partial charge in [0, 0.05) is 0 Å². The van der Waals surface area contributed by atoms with Crippen LogP contribution in [0, 0.1) is 0 Å². The molecule has 0 atom stereocenters. The van der Waals surface area contributed by atoms with Crippen LogP contribution in [0.3, 0.4) is 0 Å². The zero-order chi connectivity index (χ0) is 9.52. The van der Waals surface area contributed by atoms with Gasteiger partial charge >= 0.3 is 0 Å². The van der Waals surface area contributed by atoms with E-state index in [-0.39, 0.29) is 0 Å². The molecule has 68 valence electrons. The van der Waals surface area contributed by atoms with Gasteiger partial charge in [-0.1, -0.05) is 41.6 Å². The third kappa shape index (κ3) is 2.75. The van der Waals surface area contributed by atoms with Crippen molar-refractivity contribution in [2.24, 2.45) is 5.16 Å². The Hall–Kier alpha value is -1.57. The summed E-state index contributed by atoms with van der Waals surface area (Å²) < 4.78 is 0. The van der Waals surface area contributed by atoms with Crippen LogP contribution >= 0.6 is 0 Å². The van der Waals surface area contributed by atoms with Crippen LogP contribution in [-0.4, -0.2) is 10.9 Å². The van der Waals surface area contributed by atoms with Crippen LogP contribution in [0.15, 0.2) is 48.1 Å². The van der Waals surface area contributed by atoms with Crippen molar-refractivity contribution in [2.75, 3.05) is 0 Å². The summed E-state index contributed by atoms with van der Waals surface area (Å²) in [6.45, 7) is 3.62. The number of hydrogen-bond acceptors (Lipinski definition) is 2. The molecule has 1 rings (SSSR count). The highest BCUT2D eigenvalue weighted by Crippen LogP contribution is 2.06. The predicted molar refractivity (Wildman–Crippen MR) is 54.2 cm³/mol. The van der Waals surface area contributed by atoms with Gasteiger partial charge in [-0.25, -0.2) is 0 Å². The van der Waals surface area contributed by atoms with Gasteiger partial charge in [0.15, 0.2) is 0 Å². The van der Waals surface area contributed by atoms with Crippen molar-refractivity contribution in [1.29, 1.82) is 0 Å². The summed E-state index contributed by atoms with van der Waals surface area (Å²) in [7, 11) is 0. The van der Waals surface area contributed by atoms with Gasteiger partial charge in [0.1, 0.15) is 0 Å². The monoisotopic (exact) mass is 175 g/mol. The Labute approximate surface area is 78.2 Å². The average Bonchev–Trinajstić information content (AvgIpc) is 2.21. The second kappa shape index (κ2) is 5.14. The lowest BCUT2D eigenvalue weighted by molar-refractivity contribution is 0.318. The minimum atomic E-state index is 0.709. The first-order valence-corrected chi connectivity index (χ1v) is 4.25. The van der Waals surface area contributed by atoms with Crippen molar-refractivity contribution in [3.05, 3.63) is 48.6 Å². The van der Waals surface area contributed by atoms with Gasteiger partial charge in [0.05, 0.1) is 5.71 Å². The zero-order valence-corrected chi connectivity index (χ0v) is 7.48. The number of hydrogen-bond donors (Lipinski definition) is 1. The van der Waals surface area contributed by atoms with Crippen molar-refractivity contribution in [1.82, 2.24) is 0 Å². The molecule has 1 aromatic carbocycles. The molecule has 0 aliphatic heterocycles. The van der Waals surface area contributed by atoms with Crippen LogP contribution in [0.5, 0.6) is 0 Å². The molecule has 0 aliphatic rings. The van der Waals surface area contributed by atoms with E-state index in [1.54, 1.807) is 0 Å². The number of rotatable bonds is 4. The molecule has 0 unspecified atom stereocenters. The average molecular weight is 175 g/mol. The second-order valence-corrected chi connectivity index (χ2v) is 2.74. The van der Waals surface area contributed by atoms with E-state index in [4.69, 9.17) is 5.21 Å². The number of oxime groups is 1. The topological polar surface area (TPSA) is 32.6 Å². The summed E-state index contributed by atoms with van der Waals surface area (Å²) in [5.74, 6) is 0. The molecular formula is C11H13NO. The fraction of sp³-hybridized carbons (Fsp3) is 0.182. The van der Waals surface area contributed by atoms with Gasteiger partial charge in [0.25, 0.3) is 0 Å². The minimum absolute atomic E-state index is 0.709. The van der Waals surface area contributed by atoms with E-state index in [1.165, 1.54) is 0 Å². The summed E-state index contributed by atoms with van der Waals surface area (Å²) >= 11 is 0. The molecule has 0 radical (unpaired) electrons. The molecule has 1 N–H and O–H groups in total. The molecule has 13 heavy (non-hydrogen) atoms. The van der Waals surface area contributed by atoms with Crippen molar-refractivity contribution >= 4 is 5.71 Å². The maximum Gasteiger partial charge on any atom is 0.0870 e. The van der Waals surface area contributed by atoms with Crippen LogP contribution in [0.4, 0.5) is 0 Å². The predicted octanol–water partition coefficient (Wildman–Crippen LogP) is 2.83. The van der Waals surface area contributed by atoms with Gasteiger partial charge in [-0.15, -0.1) is 6.58 Å². The highest BCUT2D eigenvalue weighted by Gasteiger charge is 2.01. The first-order valence-electron chi connectivity index (χ1n) is 4.25. The van der Waals surface area contributed by atoms with Crippen LogP contribution < -0.4 is 0 Å². The summed E-state index contributed by atoms with van der Waals surface area (Å²) in [6, 6.07) is 9.64. The Morgan fingerprint density at radius 1 is 1.38 bits per heavy atom. The summed E-state index contributed by atoms with van der Waals surface area (Å²) in [4.78, 5) is 0. The number of benzene rings is 1. The highest BCUT2D eigenvalue weighted by molar-refractivity contribution is 6.00. The standard InChI is InChI=1S/C11H13NO/c1-2-3-9-11(12-13)10-7-5-4-6-8-10/h2,4-8,13H,1,3,9H2. The van der Waals surface area contributed by atoms with E-state index in [9.17, 15) is 0 Å². The van der Waals surface area contributed by atoms with Gasteiger partial charge < -0.3 is 5.21 Å². The summed E-state index contributed by atoms with van der Waals surface area (Å²) in [6.07, 6.45) is 3.37. The molecule has 0 saturated carbocycles. The highest BCUT2D eigenvalue weighted by atomic mass is 16.4. The SMILES string of the molecule is C=CCCC(=NO)c1ccccc1. The van der Waals surface area contributed by atoms with Crippen LogP contribution in [0.25, 0.3) is 0 Å². The van der Waals surface area contributed by atoms with Crippen LogP contribution in [0.2, 0.25) is 0 Å². The largest absolute Gasteiger partial charge is 0.411 e. The Morgan fingerprint density at radius 2 is 2.08 bits per heavy atom. The van der Waals surface area contributed by atoms with Gasteiger partial charge in [-0.3, -0.25) is 0 Å². The molecular weight excluding hydrogens is 162 g/mol. The van der Waals surface area contributed by atoms with Crippen molar-refractivity contribution in [3.63, 3.8) is 0 Å². The van der Waals surface area contributed by atoms with Crippen molar-refractivity contribution < 1.29 is 5.21 Å². The van der Waals surface area contributed by atoms with E-state index in [0.29, 0.717) is 5.71 Å². The molecule has 0 spiro atoms. The van der Waals surface area contributed by atoms with E-state index < -0.39 is 0 Å². The molecule has 0 amide bonds. The fourth-order valence-corrected chi connectivity index (χ4v) is 1.12. The first-order chi connectivity index (χ1) is 6.38. The Morgan fingerprint density at radius 3 is 2.62 bits per heavy atom. The van der Waals surface area contributed by atoms with Crippen molar-refractivity contribution in [2.45, 2.75) is 12.8 Å². The van der Waals surface area contributed by atoms with E-state index >= 15 is 0 Å². The van der Waals surface area contributed by atoms with E-state index in [0.717, 1.165) is 18.4 Å². The fourth-order valence-electron chi connectivity index (χ4n) is 1.12. The second-order valence-electron chi connectivity index (χ2n) is 2.74. The number of nitrogens with zero attached hydrogens (tertiary/aromatic N) is 1. The molecule has 2 heteroatoms. The van der Waals surface area contributed by atoms with E-state index in [2.05, 4.69) is 11.7 Å². The minimum Gasteiger partial charge on any atom is -0.411 e. The summed E-state index contributed by atoms with van der Waals surface area (Å²) in [5, 5.41) is 12.0. The van der Waals surface area contributed by atoms with Gasteiger partial charge in [-0.05, 0) is 18.4 Å². The normalized spacial score (nSPS) is 11.2. The van der Waals surface area contributed by atoms with Crippen LogP contribution in [-0.2, 0) is 0 Å². The third-order valence-corrected chi connectivity index (χ3v) is 1.81. The molecule has 2 nitrogen and oxygen atoms in total. The smallest absolute Gasteiger partial charge is 0.0870 e.